The fourth-order valence-corrected chi connectivity index (χ4v) is 3.98. The molecule has 134 valence electrons. The van der Waals surface area contributed by atoms with Gasteiger partial charge in [0.25, 0.3) is 5.56 Å². The number of fused-ring (bicyclic) bond motifs is 2. The minimum Gasteiger partial charge on any atom is -0.395 e. The number of rotatable bonds is 5. The summed E-state index contributed by atoms with van der Waals surface area (Å²) in [5.74, 6) is 0.644. The highest BCUT2D eigenvalue weighted by atomic mass is 16.3. The highest BCUT2D eigenvalue weighted by molar-refractivity contribution is 5.77. The van der Waals surface area contributed by atoms with E-state index in [-0.39, 0.29) is 18.2 Å². The van der Waals surface area contributed by atoms with Gasteiger partial charge in [-0.2, -0.15) is 0 Å². The number of para-hydroxylation sites is 1. The van der Waals surface area contributed by atoms with Gasteiger partial charge in [-0.25, -0.2) is 4.98 Å². The van der Waals surface area contributed by atoms with E-state index < -0.39 is 0 Å². The van der Waals surface area contributed by atoms with Crippen molar-refractivity contribution in [2.45, 2.75) is 31.8 Å². The van der Waals surface area contributed by atoms with Crippen molar-refractivity contribution in [2.24, 2.45) is 0 Å². The Morgan fingerprint density at radius 2 is 1.96 bits per heavy atom. The topological polar surface area (TPSA) is 69.2 Å². The van der Waals surface area contributed by atoms with E-state index in [1.165, 1.54) is 11.1 Å². The number of aromatic nitrogens is 2. The molecule has 0 saturated carbocycles. The number of hydrogen-bond donors (Lipinski definition) is 2. The summed E-state index contributed by atoms with van der Waals surface area (Å²) in [5, 5.41) is 10.2. The minimum atomic E-state index is -0.112. The zero-order valence-corrected chi connectivity index (χ0v) is 14.7. The predicted molar refractivity (Wildman–Crippen MR) is 102 cm³/mol. The highest BCUT2D eigenvalue weighted by Crippen LogP contribution is 2.34. The second-order valence-electron chi connectivity index (χ2n) is 6.83. The number of aliphatic hydroxyl groups is 1. The van der Waals surface area contributed by atoms with E-state index in [0.717, 1.165) is 19.3 Å². The van der Waals surface area contributed by atoms with E-state index in [0.29, 0.717) is 29.8 Å². The summed E-state index contributed by atoms with van der Waals surface area (Å²) in [6.07, 6.45) is 3.28. The predicted octanol–water partition coefficient (Wildman–Crippen LogP) is 2.80. The van der Waals surface area contributed by atoms with Gasteiger partial charge in [-0.1, -0.05) is 36.4 Å². The number of aliphatic hydroxyl groups excluding tert-OH is 1. The Labute approximate surface area is 152 Å². The van der Waals surface area contributed by atoms with E-state index in [1.807, 2.05) is 18.2 Å². The molecule has 0 saturated heterocycles. The molecule has 0 amide bonds. The average Bonchev–Trinajstić information content (AvgIpc) is 2.67. The van der Waals surface area contributed by atoms with Gasteiger partial charge in [0.1, 0.15) is 5.82 Å². The van der Waals surface area contributed by atoms with Crippen LogP contribution in [0.2, 0.25) is 0 Å². The number of benzene rings is 2. The van der Waals surface area contributed by atoms with Crippen LogP contribution in [0.4, 0.5) is 0 Å². The molecule has 1 aliphatic rings. The fraction of sp³-hybridized carbons (Fsp3) is 0.333. The lowest BCUT2D eigenvalue weighted by Crippen LogP contribution is -2.34. The molecule has 1 unspecified atom stereocenters. The molecule has 4 rings (SSSR count). The lowest BCUT2D eigenvalue weighted by atomic mass is 9.87. The summed E-state index contributed by atoms with van der Waals surface area (Å²) >= 11 is 0. The van der Waals surface area contributed by atoms with Crippen LogP contribution < -0.4 is 5.56 Å². The van der Waals surface area contributed by atoms with Crippen molar-refractivity contribution in [1.29, 1.82) is 0 Å². The van der Waals surface area contributed by atoms with Gasteiger partial charge in [0.15, 0.2) is 0 Å². The first-order valence-corrected chi connectivity index (χ1v) is 9.17. The van der Waals surface area contributed by atoms with Gasteiger partial charge >= 0.3 is 0 Å². The first-order valence-electron chi connectivity index (χ1n) is 9.17. The fourth-order valence-electron chi connectivity index (χ4n) is 3.98. The third-order valence-electron chi connectivity index (χ3n) is 5.18. The maximum atomic E-state index is 12.4. The molecule has 0 radical (unpaired) electrons. The standard InChI is InChI=1S/C21H23N3O2/c25-13-12-24(19-11-5-7-15-6-1-2-8-16(15)19)14-20-22-18-10-4-3-9-17(18)21(26)23-20/h1-4,6,8-10,19,25H,5,7,11-14H2,(H,22,23,26). The van der Waals surface area contributed by atoms with E-state index in [9.17, 15) is 9.90 Å². The molecule has 1 aromatic heterocycles. The van der Waals surface area contributed by atoms with Crippen LogP contribution in [0, 0.1) is 0 Å². The first kappa shape index (κ1) is 16.9. The summed E-state index contributed by atoms with van der Waals surface area (Å²) in [5.41, 5.74) is 3.31. The molecule has 5 nitrogen and oxygen atoms in total. The molecule has 2 N–H and O–H groups in total. The summed E-state index contributed by atoms with van der Waals surface area (Å²) in [4.78, 5) is 22.1. The Morgan fingerprint density at radius 1 is 1.15 bits per heavy atom. The Bertz CT molecular complexity index is 967. The van der Waals surface area contributed by atoms with Crippen LogP contribution in [0.1, 0.15) is 35.8 Å². The van der Waals surface area contributed by atoms with Crippen LogP contribution in [-0.2, 0) is 13.0 Å². The van der Waals surface area contributed by atoms with E-state index in [4.69, 9.17) is 0 Å². The van der Waals surface area contributed by atoms with Crippen LogP contribution in [0.25, 0.3) is 10.9 Å². The molecular weight excluding hydrogens is 326 g/mol. The van der Waals surface area contributed by atoms with E-state index in [1.54, 1.807) is 6.07 Å². The quantitative estimate of drug-likeness (QED) is 0.743. The van der Waals surface area contributed by atoms with Crippen molar-refractivity contribution in [3.63, 3.8) is 0 Å². The lowest BCUT2D eigenvalue weighted by Gasteiger charge is -2.35. The number of nitrogens with one attached hydrogen (secondary N) is 1. The number of aromatic amines is 1. The Kier molecular flexibility index (Phi) is 4.82. The molecule has 0 fully saturated rings. The monoisotopic (exact) mass is 349 g/mol. The van der Waals surface area contributed by atoms with Crippen LogP contribution >= 0.6 is 0 Å². The van der Waals surface area contributed by atoms with Crippen molar-refractivity contribution in [2.75, 3.05) is 13.2 Å². The van der Waals surface area contributed by atoms with Crippen molar-refractivity contribution in [3.8, 4) is 0 Å². The zero-order chi connectivity index (χ0) is 17.9. The lowest BCUT2D eigenvalue weighted by molar-refractivity contribution is 0.128. The van der Waals surface area contributed by atoms with Crippen LogP contribution in [0.3, 0.4) is 0 Å². The summed E-state index contributed by atoms with van der Waals surface area (Å²) in [6, 6.07) is 16.1. The summed E-state index contributed by atoms with van der Waals surface area (Å²) < 4.78 is 0. The van der Waals surface area contributed by atoms with Crippen molar-refractivity contribution in [3.05, 3.63) is 75.8 Å². The van der Waals surface area contributed by atoms with Crippen LogP contribution in [-0.4, -0.2) is 33.1 Å². The molecule has 2 aromatic carbocycles. The molecule has 1 aliphatic carbocycles. The molecule has 0 aliphatic heterocycles. The molecular formula is C21H23N3O2. The van der Waals surface area contributed by atoms with Crippen molar-refractivity contribution >= 4 is 10.9 Å². The van der Waals surface area contributed by atoms with Crippen molar-refractivity contribution in [1.82, 2.24) is 14.9 Å². The molecule has 26 heavy (non-hydrogen) atoms. The van der Waals surface area contributed by atoms with Gasteiger partial charge in [-0.15, -0.1) is 0 Å². The second kappa shape index (κ2) is 7.40. The highest BCUT2D eigenvalue weighted by Gasteiger charge is 2.26. The molecule has 3 aromatic rings. The van der Waals surface area contributed by atoms with Gasteiger partial charge in [0, 0.05) is 12.6 Å². The SMILES string of the molecule is O=c1[nH]c(CN(CCO)C2CCCc3ccccc32)nc2ccccc12. The third-order valence-corrected chi connectivity index (χ3v) is 5.18. The Hall–Kier alpha value is -2.50. The Balaban J connectivity index is 1.67. The average molecular weight is 349 g/mol. The first-order chi connectivity index (χ1) is 12.8. The van der Waals surface area contributed by atoms with E-state index >= 15 is 0 Å². The molecule has 0 spiro atoms. The normalized spacial score (nSPS) is 16.8. The second-order valence-corrected chi connectivity index (χ2v) is 6.83. The summed E-state index contributed by atoms with van der Waals surface area (Å²) in [6.45, 7) is 1.14. The zero-order valence-electron chi connectivity index (χ0n) is 14.7. The Morgan fingerprint density at radius 3 is 2.85 bits per heavy atom. The maximum absolute atomic E-state index is 12.4. The van der Waals surface area contributed by atoms with Crippen LogP contribution in [0.5, 0.6) is 0 Å². The summed E-state index contributed by atoms with van der Waals surface area (Å²) in [7, 11) is 0. The van der Waals surface area contributed by atoms with Gasteiger partial charge in [-0.3, -0.25) is 9.69 Å². The smallest absolute Gasteiger partial charge is 0.258 e. The maximum Gasteiger partial charge on any atom is 0.258 e. The van der Waals surface area contributed by atoms with Gasteiger partial charge in [-0.05, 0) is 42.5 Å². The molecule has 0 bridgehead atoms. The number of nitrogens with zero attached hydrogens (tertiary/aromatic N) is 2. The van der Waals surface area contributed by atoms with Gasteiger partial charge in [0.05, 0.1) is 24.1 Å². The molecule has 1 heterocycles. The number of aryl methyl sites for hydroxylation is 1. The van der Waals surface area contributed by atoms with Gasteiger partial charge in [0.2, 0.25) is 0 Å². The third kappa shape index (κ3) is 3.28. The number of H-pyrrole nitrogens is 1. The van der Waals surface area contributed by atoms with Gasteiger partial charge < -0.3 is 10.1 Å². The molecule has 5 heteroatoms. The number of hydrogen-bond acceptors (Lipinski definition) is 4. The largest absolute Gasteiger partial charge is 0.395 e. The van der Waals surface area contributed by atoms with Crippen molar-refractivity contribution < 1.29 is 5.11 Å². The van der Waals surface area contributed by atoms with Crippen LogP contribution in [0.15, 0.2) is 53.3 Å². The minimum absolute atomic E-state index is 0.0798. The molecule has 1 atom stereocenters. The van der Waals surface area contributed by atoms with E-state index in [2.05, 4.69) is 39.1 Å².